The van der Waals surface area contributed by atoms with Crippen LogP contribution in [0.25, 0.3) is 66.4 Å². The lowest BCUT2D eigenvalue weighted by Gasteiger charge is -2.22. The average molecular weight is 576 g/mol. The Labute approximate surface area is 259 Å². The number of rotatable bonds is 2. The van der Waals surface area contributed by atoms with E-state index in [0.717, 1.165) is 55.2 Å². The summed E-state index contributed by atoms with van der Waals surface area (Å²) in [4.78, 5) is 5.31. The zero-order valence-electron chi connectivity index (χ0n) is 24.7. The molecule has 9 rings (SSSR count). The Balaban J connectivity index is 1.35. The minimum atomic E-state index is -0.215. The van der Waals surface area contributed by atoms with Gasteiger partial charge in [-0.2, -0.15) is 10.5 Å². The Morgan fingerprint density at radius 2 is 1.16 bits per heavy atom. The van der Waals surface area contributed by atoms with Crippen LogP contribution in [0.3, 0.4) is 0 Å². The summed E-state index contributed by atoms with van der Waals surface area (Å²) < 4.78 is 4.41. The molecule has 0 bridgehead atoms. The number of para-hydroxylation sites is 1. The van der Waals surface area contributed by atoms with Gasteiger partial charge in [0.25, 0.3) is 0 Å². The van der Waals surface area contributed by atoms with Gasteiger partial charge in [-0.1, -0.05) is 68.4 Å². The zero-order valence-corrected chi connectivity index (χ0v) is 24.7. The zero-order chi connectivity index (χ0) is 30.4. The van der Waals surface area contributed by atoms with Crippen LogP contribution in [0.4, 0.5) is 0 Å². The fourth-order valence-corrected chi connectivity index (χ4v) is 7.65. The molecule has 0 atom stereocenters. The highest BCUT2D eigenvalue weighted by molar-refractivity contribution is 6.15. The van der Waals surface area contributed by atoms with Gasteiger partial charge in [-0.25, -0.2) is 4.98 Å². The second-order valence-corrected chi connectivity index (χ2v) is 12.3. The predicted octanol–water partition coefficient (Wildman–Crippen LogP) is 9.33. The van der Waals surface area contributed by atoms with Crippen LogP contribution >= 0.6 is 0 Å². The molecule has 5 nitrogen and oxygen atoms in total. The molecule has 0 saturated carbocycles. The molecule has 5 aromatic carbocycles. The van der Waals surface area contributed by atoms with Gasteiger partial charge in [-0.05, 0) is 82.9 Å². The van der Waals surface area contributed by atoms with Crippen LogP contribution in [0, 0.1) is 22.7 Å². The second-order valence-electron chi connectivity index (χ2n) is 12.3. The molecule has 0 N–H and O–H groups in total. The molecular formula is C40H25N5. The Morgan fingerprint density at radius 1 is 0.556 bits per heavy atom. The van der Waals surface area contributed by atoms with Crippen molar-refractivity contribution in [3.05, 3.63) is 138 Å². The average Bonchev–Trinajstić information content (AvgIpc) is 3.67. The summed E-state index contributed by atoms with van der Waals surface area (Å²) in [7, 11) is 0. The molecule has 0 radical (unpaired) electrons. The summed E-state index contributed by atoms with van der Waals surface area (Å²) in [5, 5.41) is 23.8. The predicted molar refractivity (Wildman–Crippen MR) is 180 cm³/mol. The number of benzene rings is 5. The van der Waals surface area contributed by atoms with Crippen molar-refractivity contribution in [3.8, 4) is 34.9 Å². The molecule has 0 spiro atoms. The first-order chi connectivity index (χ1) is 22.0. The van der Waals surface area contributed by atoms with Crippen molar-refractivity contribution < 1.29 is 0 Å². The summed E-state index contributed by atoms with van der Waals surface area (Å²) in [6, 6.07) is 44.0. The van der Waals surface area contributed by atoms with E-state index in [2.05, 4.69) is 95.8 Å². The SMILES string of the molecule is CC1(C)c2ccccc2-c2ccc3c(c21)c1cc(C#N)ccc1n3-c1cccc(-n2c3ccccc3c3cc(C#N)ccc32)n1. The second kappa shape index (κ2) is 8.92. The number of hydrogen-bond donors (Lipinski definition) is 0. The molecule has 45 heavy (non-hydrogen) atoms. The van der Waals surface area contributed by atoms with Gasteiger partial charge < -0.3 is 0 Å². The van der Waals surface area contributed by atoms with Crippen LogP contribution in [0.2, 0.25) is 0 Å². The van der Waals surface area contributed by atoms with E-state index in [9.17, 15) is 10.5 Å². The Kier molecular flexibility index (Phi) is 5.03. The van der Waals surface area contributed by atoms with Crippen LogP contribution in [-0.4, -0.2) is 14.1 Å². The van der Waals surface area contributed by atoms with E-state index in [-0.39, 0.29) is 5.41 Å². The molecule has 0 fully saturated rings. The van der Waals surface area contributed by atoms with E-state index in [1.165, 1.54) is 22.3 Å². The molecule has 5 heteroatoms. The molecule has 0 aliphatic heterocycles. The minimum Gasteiger partial charge on any atom is -0.294 e. The van der Waals surface area contributed by atoms with Crippen LogP contribution < -0.4 is 0 Å². The van der Waals surface area contributed by atoms with Crippen molar-refractivity contribution in [1.29, 1.82) is 10.5 Å². The third kappa shape index (κ3) is 3.33. The van der Waals surface area contributed by atoms with Gasteiger partial charge in [0.05, 0.1) is 45.3 Å². The quantitative estimate of drug-likeness (QED) is 0.206. The molecule has 210 valence electrons. The van der Waals surface area contributed by atoms with Crippen molar-refractivity contribution in [2.45, 2.75) is 19.3 Å². The van der Waals surface area contributed by atoms with E-state index >= 15 is 0 Å². The van der Waals surface area contributed by atoms with Gasteiger partial charge in [0.1, 0.15) is 11.6 Å². The lowest BCUT2D eigenvalue weighted by atomic mass is 9.80. The topological polar surface area (TPSA) is 70.3 Å². The largest absolute Gasteiger partial charge is 0.294 e. The molecule has 0 amide bonds. The van der Waals surface area contributed by atoms with E-state index < -0.39 is 0 Å². The summed E-state index contributed by atoms with van der Waals surface area (Å²) >= 11 is 0. The third-order valence-corrected chi connectivity index (χ3v) is 9.56. The van der Waals surface area contributed by atoms with Crippen molar-refractivity contribution in [3.63, 3.8) is 0 Å². The van der Waals surface area contributed by atoms with E-state index in [4.69, 9.17) is 4.98 Å². The summed E-state index contributed by atoms with van der Waals surface area (Å²) in [5.41, 5.74) is 10.3. The molecular weight excluding hydrogens is 550 g/mol. The lowest BCUT2D eigenvalue weighted by molar-refractivity contribution is 0.666. The molecule has 1 aliphatic carbocycles. The Bertz CT molecular complexity index is 2650. The van der Waals surface area contributed by atoms with Crippen molar-refractivity contribution in [2.24, 2.45) is 0 Å². The monoisotopic (exact) mass is 575 g/mol. The van der Waals surface area contributed by atoms with Gasteiger partial charge in [-0.3, -0.25) is 9.13 Å². The maximum Gasteiger partial charge on any atom is 0.140 e. The number of hydrogen-bond acceptors (Lipinski definition) is 3. The standard InChI is InChI=1S/C40H25N5/c1-40(2)31-10-5-3-8-26(31)28-16-19-35-38(39(28)40)30-21-25(23-42)15-18-34(30)45(35)37-13-7-12-36(43-37)44-32-11-6-4-9-27(32)29-20-24(22-41)14-17-33(29)44/h3-21H,1-2H3. The highest BCUT2D eigenvalue weighted by Crippen LogP contribution is 2.53. The summed E-state index contributed by atoms with van der Waals surface area (Å²) in [6.45, 7) is 4.60. The fraction of sp³-hybridized carbons (Fsp3) is 0.0750. The van der Waals surface area contributed by atoms with Crippen LogP contribution in [0.5, 0.6) is 0 Å². The molecule has 3 heterocycles. The summed E-state index contributed by atoms with van der Waals surface area (Å²) in [5.74, 6) is 1.59. The van der Waals surface area contributed by atoms with Crippen molar-refractivity contribution in [1.82, 2.24) is 14.1 Å². The number of aromatic nitrogens is 3. The lowest BCUT2D eigenvalue weighted by Crippen LogP contribution is -2.15. The number of pyridine rings is 1. The first-order valence-corrected chi connectivity index (χ1v) is 15.0. The smallest absolute Gasteiger partial charge is 0.140 e. The maximum absolute atomic E-state index is 9.89. The summed E-state index contributed by atoms with van der Waals surface area (Å²) in [6.07, 6.45) is 0. The fourth-order valence-electron chi connectivity index (χ4n) is 7.65. The van der Waals surface area contributed by atoms with E-state index in [1.54, 1.807) is 0 Å². The Hall–Kier alpha value is -6.17. The normalized spacial score (nSPS) is 13.2. The minimum absolute atomic E-state index is 0.215. The molecule has 3 aromatic heterocycles. The Morgan fingerprint density at radius 3 is 1.91 bits per heavy atom. The van der Waals surface area contributed by atoms with Crippen molar-refractivity contribution in [2.75, 3.05) is 0 Å². The van der Waals surface area contributed by atoms with Gasteiger partial charge in [0.15, 0.2) is 0 Å². The van der Waals surface area contributed by atoms with Gasteiger partial charge in [0.2, 0.25) is 0 Å². The van der Waals surface area contributed by atoms with Crippen LogP contribution in [-0.2, 0) is 5.41 Å². The van der Waals surface area contributed by atoms with E-state index in [0.29, 0.717) is 11.1 Å². The molecule has 0 saturated heterocycles. The molecule has 0 unspecified atom stereocenters. The van der Waals surface area contributed by atoms with Crippen molar-refractivity contribution >= 4 is 43.6 Å². The maximum atomic E-state index is 9.89. The first kappa shape index (κ1) is 25.3. The first-order valence-electron chi connectivity index (χ1n) is 15.0. The number of fused-ring (bicyclic) bond motifs is 10. The molecule has 1 aliphatic rings. The van der Waals surface area contributed by atoms with Crippen LogP contribution in [0.15, 0.2) is 115 Å². The number of nitriles is 2. The highest BCUT2D eigenvalue weighted by atomic mass is 15.1. The van der Waals surface area contributed by atoms with Gasteiger partial charge in [-0.15, -0.1) is 0 Å². The highest BCUT2D eigenvalue weighted by Gasteiger charge is 2.38. The van der Waals surface area contributed by atoms with Gasteiger partial charge in [0, 0.05) is 27.0 Å². The third-order valence-electron chi connectivity index (χ3n) is 9.56. The molecule has 8 aromatic rings. The number of nitrogens with zero attached hydrogens (tertiary/aromatic N) is 5. The van der Waals surface area contributed by atoms with Gasteiger partial charge >= 0.3 is 0 Å². The van der Waals surface area contributed by atoms with E-state index in [1.807, 2.05) is 54.6 Å². The van der Waals surface area contributed by atoms with Crippen LogP contribution in [0.1, 0.15) is 36.1 Å².